The summed E-state index contributed by atoms with van der Waals surface area (Å²) in [6.45, 7) is 0.231. The fraction of sp³-hybridized carbons (Fsp3) is 0.0526. The van der Waals surface area contributed by atoms with E-state index in [-0.39, 0.29) is 50.2 Å². The van der Waals surface area contributed by atoms with Gasteiger partial charge in [-0.2, -0.15) is 12.1 Å². The summed E-state index contributed by atoms with van der Waals surface area (Å²) in [5.74, 6) is -0.559. The third-order valence-corrected chi connectivity index (χ3v) is 4.35. The van der Waals surface area contributed by atoms with Gasteiger partial charge in [0, 0.05) is 50.5 Å². The van der Waals surface area contributed by atoms with Crippen LogP contribution in [0, 0.1) is 6.07 Å². The Morgan fingerprint density at radius 2 is 1.93 bits per heavy atom. The van der Waals surface area contributed by atoms with Gasteiger partial charge in [-0.25, -0.2) is 0 Å². The van der Waals surface area contributed by atoms with Crippen LogP contribution in [-0.4, -0.2) is 15.3 Å². The van der Waals surface area contributed by atoms with Crippen molar-refractivity contribution in [2.75, 3.05) is 0 Å². The van der Waals surface area contributed by atoms with Crippen molar-refractivity contribution >= 4 is 33.9 Å². The second kappa shape index (κ2) is 7.84. The van der Waals surface area contributed by atoms with E-state index >= 15 is 0 Å². The van der Waals surface area contributed by atoms with E-state index in [0.717, 1.165) is 11.8 Å². The first kappa shape index (κ1) is 19.6. The van der Waals surface area contributed by atoms with Gasteiger partial charge in [0.1, 0.15) is 5.43 Å². The van der Waals surface area contributed by atoms with Gasteiger partial charge in [0.2, 0.25) is 0 Å². The van der Waals surface area contributed by atoms with Crippen molar-refractivity contribution in [2.24, 2.45) is 0 Å². The molecule has 0 atom stereocenters. The number of halogens is 1. The summed E-state index contributed by atoms with van der Waals surface area (Å²) in [6, 6.07) is 12.9. The molecular formula is C19H11ClN3O3Y-. The number of nitrogens with zero attached hydrogens (tertiary/aromatic N) is 2. The quantitative estimate of drug-likeness (QED) is 0.481. The van der Waals surface area contributed by atoms with E-state index < -0.39 is 16.9 Å². The maximum atomic E-state index is 12.7. The Labute approximate surface area is 183 Å². The van der Waals surface area contributed by atoms with Gasteiger partial charge in [-0.05, 0) is 28.7 Å². The molecule has 2 aromatic carbocycles. The largest absolute Gasteiger partial charge is 0.348 e. The summed E-state index contributed by atoms with van der Waals surface area (Å²) < 4.78 is 1.27. The van der Waals surface area contributed by atoms with Crippen LogP contribution in [0.4, 0.5) is 0 Å². The predicted molar refractivity (Wildman–Crippen MR) is 97.9 cm³/mol. The van der Waals surface area contributed by atoms with Crippen LogP contribution < -0.4 is 16.3 Å². The first-order valence-electron chi connectivity index (χ1n) is 7.75. The molecule has 0 aliphatic rings. The van der Waals surface area contributed by atoms with Crippen molar-refractivity contribution in [3.63, 3.8) is 0 Å². The summed E-state index contributed by atoms with van der Waals surface area (Å²) in [7, 11) is 0. The Morgan fingerprint density at radius 3 is 2.67 bits per heavy atom. The third-order valence-electron chi connectivity index (χ3n) is 4.10. The second-order valence-electron chi connectivity index (χ2n) is 5.75. The van der Waals surface area contributed by atoms with Gasteiger partial charge in [0.25, 0.3) is 11.5 Å². The molecule has 2 aromatic heterocycles. The fourth-order valence-electron chi connectivity index (χ4n) is 2.80. The van der Waals surface area contributed by atoms with Gasteiger partial charge in [-0.1, -0.05) is 29.1 Å². The minimum Gasteiger partial charge on any atom is -0.348 e. The molecule has 131 valence electrons. The number of carbonyl (C=O) groups is 1. The van der Waals surface area contributed by atoms with E-state index in [1.165, 1.54) is 16.7 Å². The molecule has 0 aliphatic carbocycles. The van der Waals surface area contributed by atoms with E-state index in [1.807, 2.05) is 0 Å². The molecule has 8 heteroatoms. The molecule has 0 saturated heterocycles. The number of nitrogens with one attached hydrogen (secondary N) is 1. The standard InChI is InChI=1S/C19H11ClN3O3.Y/c20-12-6-4-11(5-7-12)8-22-19(26)14-10-23-16(24)9-21-15-3-1-2-13(17(15)23)18(14)25;/h2-7,9-10H,8H2,(H,22,26);/q-1;. The Balaban J connectivity index is 0.00000210. The molecule has 0 aliphatic heterocycles. The molecule has 27 heavy (non-hydrogen) atoms. The Bertz CT molecular complexity index is 1250. The van der Waals surface area contributed by atoms with Crippen molar-refractivity contribution < 1.29 is 37.5 Å². The maximum absolute atomic E-state index is 12.7. The molecule has 0 saturated carbocycles. The number of rotatable bonds is 3. The van der Waals surface area contributed by atoms with Crippen LogP contribution in [0.25, 0.3) is 16.4 Å². The van der Waals surface area contributed by atoms with Gasteiger partial charge in [0.05, 0.1) is 11.8 Å². The molecule has 0 fully saturated rings. The molecule has 1 amide bonds. The minimum absolute atomic E-state index is 0. The number of hydrogen-bond donors (Lipinski definition) is 1. The summed E-state index contributed by atoms with van der Waals surface area (Å²) >= 11 is 5.83. The number of amides is 1. The molecule has 6 nitrogen and oxygen atoms in total. The molecule has 2 heterocycles. The molecule has 0 spiro atoms. The zero-order valence-electron chi connectivity index (χ0n) is 13.9. The number of hydrogen-bond acceptors (Lipinski definition) is 4. The molecule has 1 radical (unpaired) electrons. The van der Waals surface area contributed by atoms with Gasteiger partial charge in [-0.3, -0.25) is 9.59 Å². The summed E-state index contributed by atoms with van der Waals surface area (Å²) in [6.07, 6.45) is 2.41. The monoisotopic (exact) mass is 453 g/mol. The predicted octanol–water partition coefficient (Wildman–Crippen LogP) is 2.03. The van der Waals surface area contributed by atoms with Crippen LogP contribution in [0.15, 0.2) is 58.4 Å². The summed E-state index contributed by atoms with van der Waals surface area (Å²) in [5.41, 5.74) is 0.695. The van der Waals surface area contributed by atoms with Crippen molar-refractivity contribution in [3.8, 4) is 0 Å². The van der Waals surface area contributed by atoms with Crippen molar-refractivity contribution in [2.45, 2.75) is 6.54 Å². The molecule has 0 unspecified atom stereocenters. The normalized spacial score (nSPS) is 10.7. The van der Waals surface area contributed by atoms with Crippen LogP contribution in [-0.2, 0) is 39.3 Å². The molecule has 1 N–H and O–H groups in total. The van der Waals surface area contributed by atoms with Gasteiger partial charge in [-0.15, -0.1) is 6.07 Å². The van der Waals surface area contributed by atoms with Gasteiger partial charge in [0.15, 0.2) is 0 Å². The fourth-order valence-corrected chi connectivity index (χ4v) is 2.93. The van der Waals surface area contributed by atoms with Crippen molar-refractivity contribution in [1.82, 2.24) is 14.7 Å². The molecular weight excluding hydrogens is 443 g/mol. The topological polar surface area (TPSA) is 80.5 Å². The second-order valence-corrected chi connectivity index (χ2v) is 6.19. The maximum Gasteiger partial charge on any atom is 0.270 e. The van der Waals surface area contributed by atoms with Gasteiger partial charge < -0.3 is 19.5 Å². The van der Waals surface area contributed by atoms with E-state index in [1.54, 1.807) is 30.3 Å². The van der Waals surface area contributed by atoms with Crippen LogP contribution in [0.1, 0.15) is 15.9 Å². The van der Waals surface area contributed by atoms with E-state index in [2.05, 4.69) is 16.4 Å². The van der Waals surface area contributed by atoms with Crippen LogP contribution in [0.2, 0.25) is 5.02 Å². The van der Waals surface area contributed by atoms with Crippen molar-refractivity contribution in [1.29, 1.82) is 0 Å². The first-order valence-corrected chi connectivity index (χ1v) is 8.13. The number of benzene rings is 2. The van der Waals surface area contributed by atoms with Crippen LogP contribution in [0.5, 0.6) is 0 Å². The third kappa shape index (κ3) is 3.65. The number of aromatic nitrogens is 2. The Hall–Kier alpha value is -2.15. The van der Waals surface area contributed by atoms with Crippen molar-refractivity contribution in [3.05, 3.63) is 91.6 Å². The van der Waals surface area contributed by atoms with E-state index in [9.17, 15) is 14.4 Å². The van der Waals surface area contributed by atoms with Crippen LogP contribution >= 0.6 is 11.6 Å². The average molecular weight is 454 g/mol. The zero-order chi connectivity index (χ0) is 18.3. The van der Waals surface area contributed by atoms with E-state index in [4.69, 9.17) is 11.6 Å². The van der Waals surface area contributed by atoms with Crippen LogP contribution in [0.3, 0.4) is 0 Å². The Kier molecular flexibility index (Phi) is 5.70. The Morgan fingerprint density at radius 1 is 1.19 bits per heavy atom. The van der Waals surface area contributed by atoms with E-state index in [0.29, 0.717) is 16.1 Å². The molecule has 4 rings (SSSR count). The number of carbonyl (C=O) groups excluding carboxylic acids is 1. The summed E-state index contributed by atoms with van der Waals surface area (Å²) in [5, 5.41) is 3.51. The summed E-state index contributed by atoms with van der Waals surface area (Å²) in [4.78, 5) is 41.4. The number of pyridine rings is 1. The molecule has 4 aromatic rings. The SMILES string of the molecule is O=C(NCc1ccc(Cl)cc1)c1cn2c(=O)cnc3c[c-]cc(c1=O)c32.[Y]. The minimum atomic E-state index is -0.559. The van der Waals surface area contributed by atoms with Gasteiger partial charge >= 0.3 is 0 Å². The zero-order valence-corrected chi connectivity index (χ0v) is 17.5. The average Bonchev–Trinajstić information content (AvgIpc) is 2.65. The first-order chi connectivity index (χ1) is 12.5. The smallest absolute Gasteiger partial charge is 0.270 e. The molecule has 0 bridgehead atoms.